The van der Waals surface area contributed by atoms with Gasteiger partial charge in [0.1, 0.15) is 0 Å². The first-order chi connectivity index (χ1) is 9.99. The van der Waals surface area contributed by atoms with Gasteiger partial charge in [-0.3, -0.25) is 14.4 Å². The lowest BCUT2D eigenvalue weighted by atomic mass is 10.2. The standard InChI is InChI=1S/C14H16N2O4S/c1-8-14(19)16-10-7-9(3-4-11(10)21-8)15-12(17)5-6-13(18)20-2/h3-4,7-8H,5-6H2,1-2H3,(H,15,17)(H,16,19). The van der Waals surface area contributed by atoms with E-state index >= 15 is 0 Å². The Morgan fingerprint density at radius 3 is 2.86 bits per heavy atom. The maximum atomic E-state index is 11.7. The Kier molecular flexibility index (Phi) is 4.85. The summed E-state index contributed by atoms with van der Waals surface area (Å²) in [5.41, 5.74) is 1.27. The smallest absolute Gasteiger partial charge is 0.306 e. The topological polar surface area (TPSA) is 84.5 Å². The van der Waals surface area contributed by atoms with Gasteiger partial charge in [0, 0.05) is 17.0 Å². The van der Waals surface area contributed by atoms with Gasteiger partial charge in [-0.25, -0.2) is 0 Å². The predicted molar refractivity (Wildman–Crippen MR) is 80.3 cm³/mol. The van der Waals surface area contributed by atoms with Crippen molar-refractivity contribution in [3.63, 3.8) is 0 Å². The molecular weight excluding hydrogens is 292 g/mol. The van der Waals surface area contributed by atoms with E-state index in [1.165, 1.54) is 18.9 Å². The van der Waals surface area contributed by atoms with Crippen LogP contribution < -0.4 is 10.6 Å². The van der Waals surface area contributed by atoms with E-state index < -0.39 is 5.97 Å². The number of carbonyl (C=O) groups excluding carboxylic acids is 3. The summed E-state index contributed by atoms with van der Waals surface area (Å²) in [6.07, 6.45) is 0.0965. The molecule has 1 aromatic rings. The van der Waals surface area contributed by atoms with Crippen LogP contribution in [0.4, 0.5) is 11.4 Å². The minimum Gasteiger partial charge on any atom is -0.469 e. The molecule has 2 rings (SSSR count). The Morgan fingerprint density at radius 2 is 2.14 bits per heavy atom. The Bertz CT molecular complexity index is 588. The van der Waals surface area contributed by atoms with Crippen LogP contribution >= 0.6 is 11.8 Å². The second-order valence-electron chi connectivity index (χ2n) is 4.58. The highest BCUT2D eigenvalue weighted by Gasteiger charge is 2.23. The lowest BCUT2D eigenvalue weighted by molar-refractivity contribution is -0.141. The summed E-state index contributed by atoms with van der Waals surface area (Å²) >= 11 is 1.48. The lowest BCUT2D eigenvalue weighted by Gasteiger charge is -2.21. The van der Waals surface area contributed by atoms with Gasteiger partial charge < -0.3 is 15.4 Å². The van der Waals surface area contributed by atoms with Gasteiger partial charge in [-0.15, -0.1) is 11.8 Å². The van der Waals surface area contributed by atoms with Crippen molar-refractivity contribution >= 4 is 40.9 Å². The SMILES string of the molecule is COC(=O)CCC(=O)Nc1ccc2c(c1)NC(=O)C(C)S2. The summed E-state index contributed by atoms with van der Waals surface area (Å²) < 4.78 is 4.48. The van der Waals surface area contributed by atoms with E-state index in [1.807, 2.05) is 13.0 Å². The monoisotopic (exact) mass is 308 g/mol. The van der Waals surface area contributed by atoms with Crippen molar-refractivity contribution in [2.45, 2.75) is 29.9 Å². The summed E-state index contributed by atoms with van der Waals surface area (Å²) in [5.74, 6) is -0.751. The highest BCUT2D eigenvalue weighted by molar-refractivity contribution is 8.00. The first kappa shape index (κ1) is 15.4. The number of fused-ring (bicyclic) bond motifs is 1. The van der Waals surface area contributed by atoms with Crippen molar-refractivity contribution in [1.82, 2.24) is 0 Å². The van der Waals surface area contributed by atoms with Crippen LogP contribution in [0.3, 0.4) is 0 Å². The van der Waals surface area contributed by atoms with E-state index in [0.717, 1.165) is 4.90 Å². The van der Waals surface area contributed by atoms with Crippen LogP contribution in [0.5, 0.6) is 0 Å². The molecule has 0 saturated carbocycles. The van der Waals surface area contributed by atoms with Crippen LogP contribution in [0.25, 0.3) is 0 Å². The van der Waals surface area contributed by atoms with Gasteiger partial charge in [-0.2, -0.15) is 0 Å². The van der Waals surface area contributed by atoms with Gasteiger partial charge in [0.2, 0.25) is 11.8 Å². The van der Waals surface area contributed by atoms with Gasteiger partial charge >= 0.3 is 5.97 Å². The fourth-order valence-electron chi connectivity index (χ4n) is 1.83. The van der Waals surface area contributed by atoms with Crippen LogP contribution in [0.15, 0.2) is 23.1 Å². The van der Waals surface area contributed by atoms with Gasteiger partial charge in [-0.1, -0.05) is 0 Å². The number of anilines is 2. The molecule has 7 heteroatoms. The van der Waals surface area contributed by atoms with E-state index in [2.05, 4.69) is 15.4 Å². The van der Waals surface area contributed by atoms with E-state index in [9.17, 15) is 14.4 Å². The molecule has 1 atom stereocenters. The second kappa shape index (κ2) is 6.62. The van der Waals surface area contributed by atoms with Gasteiger partial charge in [0.15, 0.2) is 0 Å². The summed E-state index contributed by atoms with van der Waals surface area (Å²) in [5, 5.41) is 5.36. The molecule has 0 aliphatic carbocycles. The molecule has 0 bridgehead atoms. The molecule has 0 radical (unpaired) electrons. The van der Waals surface area contributed by atoms with E-state index in [-0.39, 0.29) is 29.9 Å². The Balaban J connectivity index is 1.99. The fourth-order valence-corrected chi connectivity index (χ4v) is 2.76. The first-order valence-corrected chi connectivity index (χ1v) is 7.36. The summed E-state index contributed by atoms with van der Waals surface area (Å²) in [7, 11) is 1.28. The molecular formula is C14H16N2O4S. The number of hydrogen-bond acceptors (Lipinski definition) is 5. The van der Waals surface area contributed by atoms with Crippen LogP contribution in [-0.4, -0.2) is 30.1 Å². The highest BCUT2D eigenvalue weighted by Crippen LogP contribution is 2.36. The Hall–Kier alpha value is -2.02. The summed E-state index contributed by atoms with van der Waals surface area (Å²) in [6, 6.07) is 5.33. The van der Waals surface area contributed by atoms with Crippen molar-refractivity contribution in [3.8, 4) is 0 Å². The van der Waals surface area contributed by atoms with Crippen LogP contribution in [0, 0.1) is 0 Å². The van der Waals surface area contributed by atoms with Gasteiger partial charge in [0.05, 0.1) is 24.5 Å². The number of carbonyl (C=O) groups is 3. The van der Waals surface area contributed by atoms with E-state index in [0.29, 0.717) is 11.4 Å². The third-order valence-electron chi connectivity index (χ3n) is 2.98. The number of thioether (sulfide) groups is 1. The fraction of sp³-hybridized carbons (Fsp3) is 0.357. The van der Waals surface area contributed by atoms with Crippen molar-refractivity contribution in [2.24, 2.45) is 0 Å². The van der Waals surface area contributed by atoms with Crippen molar-refractivity contribution < 1.29 is 19.1 Å². The molecule has 2 N–H and O–H groups in total. The zero-order valence-electron chi connectivity index (χ0n) is 11.8. The maximum absolute atomic E-state index is 11.7. The molecule has 0 saturated heterocycles. The molecule has 1 aliphatic rings. The predicted octanol–water partition coefficient (Wildman–Crippen LogP) is 2.01. The summed E-state index contributed by atoms with van der Waals surface area (Å²) in [6.45, 7) is 1.84. The number of nitrogens with one attached hydrogen (secondary N) is 2. The number of amides is 2. The molecule has 2 amide bonds. The molecule has 0 fully saturated rings. The zero-order valence-corrected chi connectivity index (χ0v) is 12.6. The largest absolute Gasteiger partial charge is 0.469 e. The number of rotatable bonds is 4. The van der Waals surface area contributed by atoms with E-state index in [1.54, 1.807) is 12.1 Å². The molecule has 0 aromatic heterocycles. The highest BCUT2D eigenvalue weighted by atomic mass is 32.2. The third-order valence-corrected chi connectivity index (χ3v) is 4.16. The molecule has 21 heavy (non-hydrogen) atoms. The molecule has 0 spiro atoms. The number of esters is 1. The quantitative estimate of drug-likeness (QED) is 0.831. The first-order valence-electron chi connectivity index (χ1n) is 6.48. The average molecular weight is 308 g/mol. The number of methoxy groups -OCH3 is 1. The third kappa shape index (κ3) is 3.98. The minimum absolute atomic E-state index is 0.0391. The molecule has 1 unspecified atom stereocenters. The van der Waals surface area contributed by atoms with Crippen molar-refractivity contribution in [2.75, 3.05) is 17.7 Å². The Labute approximate surface area is 126 Å². The number of hydrogen-bond donors (Lipinski definition) is 2. The normalized spacial score (nSPS) is 16.7. The molecule has 112 valence electrons. The Morgan fingerprint density at radius 1 is 1.38 bits per heavy atom. The lowest BCUT2D eigenvalue weighted by Crippen LogP contribution is -2.26. The van der Waals surface area contributed by atoms with Crippen LogP contribution in [0.2, 0.25) is 0 Å². The van der Waals surface area contributed by atoms with Crippen LogP contribution in [-0.2, 0) is 19.1 Å². The number of ether oxygens (including phenoxy) is 1. The number of benzene rings is 1. The van der Waals surface area contributed by atoms with Crippen molar-refractivity contribution in [1.29, 1.82) is 0 Å². The molecule has 1 aromatic carbocycles. The van der Waals surface area contributed by atoms with Crippen LogP contribution in [0.1, 0.15) is 19.8 Å². The maximum Gasteiger partial charge on any atom is 0.306 e. The molecule has 1 heterocycles. The van der Waals surface area contributed by atoms with Gasteiger partial charge in [-0.05, 0) is 25.1 Å². The summed E-state index contributed by atoms with van der Waals surface area (Å²) in [4.78, 5) is 35.3. The average Bonchev–Trinajstić information content (AvgIpc) is 2.46. The molecule has 6 nitrogen and oxygen atoms in total. The van der Waals surface area contributed by atoms with Crippen molar-refractivity contribution in [3.05, 3.63) is 18.2 Å². The van der Waals surface area contributed by atoms with Gasteiger partial charge in [0.25, 0.3) is 0 Å². The van der Waals surface area contributed by atoms with E-state index in [4.69, 9.17) is 0 Å². The molecule has 1 aliphatic heterocycles. The zero-order chi connectivity index (χ0) is 15.4. The second-order valence-corrected chi connectivity index (χ2v) is 5.97. The minimum atomic E-state index is -0.423.